The maximum absolute atomic E-state index is 12.9. The highest BCUT2D eigenvalue weighted by Gasteiger charge is 2.22. The van der Waals surface area contributed by atoms with E-state index in [0.717, 1.165) is 5.56 Å². The minimum absolute atomic E-state index is 0.0785. The van der Waals surface area contributed by atoms with Crippen LogP contribution in [0.15, 0.2) is 24.3 Å². The average Bonchev–Trinajstić information content (AvgIpc) is 2.31. The molecule has 0 aliphatic carbocycles. The Morgan fingerprint density at radius 3 is 2.44 bits per heavy atom. The number of carbonyl (C=O) groups excluding carboxylic acids is 1. The molecule has 1 aromatic carbocycles. The van der Waals surface area contributed by atoms with E-state index in [9.17, 15) is 9.18 Å². The highest BCUT2D eigenvalue weighted by atomic mass is 19.1. The van der Waals surface area contributed by atoms with Crippen molar-refractivity contribution in [1.29, 1.82) is 0 Å². The van der Waals surface area contributed by atoms with Gasteiger partial charge in [-0.1, -0.05) is 12.1 Å². The van der Waals surface area contributed by atoms with Gasteiger partial charge in [-0.25, -0.2) is 4.39 Å². The highest BCUT2D eigenvalue weighted by molar-refractivity contribution is 5.77. The van der Waals surface area contributed by atoms with E-state index in [4.69, 9.17) is 5.73 Å². The van der Waals surface area contributed by atoms with E-state index in [1.54, 1.807) is 19.2 Å². The number of nitrogens with two attached hydrogens (primary N) is 1. The molecule has 0 aromatic heterocycles. The van der Waals surface area contributed by atoms with Crippen molar-refractivity contribution >= 4 is 5.91 Å². The number of halogens is 1. The number of benzene rings is 1. The first-order valence-corrected chi connectivity index (χ1v) is 5.87. The molecule has 0 aliphatic heterocycles. The van der Waals surface area contributed by atoms with Crippen LogP contribution >= 0.6 is 0 Å². The lowest BCUT2D eigenvalue weighted by molar-refractivity contribution is -0.122. The van der Waals surface area contributed by atoms with Crippen LogP contribution in [0.25, 0.3) is 0 Å². The summed E-state index contributed by atoms with van der Waals surface area (Å²) in [6.45, 7) is 2.12. The molecule has 100 valence electrons. The molecule has 1 amide bonds. The van der Waals surface area contributed by atoms with E-state index >= 15 is 0 Å². The molecule has 18 heavy (non-hydrogen) atoms. The third-order valence-corrected chi connectivity index (χ3v) is 2.86. The van der Waals surface area contributed by atoms with E-state index in [1.807, 2.05) is 18.9 Å². The average molecular weight is 253 g/mol. The van der Waals surface area contributed by atoms with Gasteiger partial charge in [-0.05, 0) is 31.7 Å². The van der Waals surface area contributed by atoms with Gasteiger partial charge in [0, 0.05) is 19.1 Å². The maximum atomic E-state index is 12.9. The van der Waals surface area contributed by atoms with Crippen LogP contribution in [-0.4, -0.2) is 37.5 Å². The Bertz CT molecular complexity index is 392. The van der Waals surface area contributed by atoms with E-state index in [-0.39, 0.29) is 30.4 Å². The zero-order chi connectivity index (χ0) is 13.7. The van der Waals surface area contributed by atoms with Gasteiger partial charge in [0.1, 0.15) is 5.82 Å². The number of nitrogens with one attached hydrogen (secondary N) is 1. The number of rotatable bonds is 5. The second-order valence-electron chi connectivity index (χ2n) is 4.44. The van der Waals surface area contributed by atoms with Crippen molar-refractivity contribution in [3.05, 3.63) is 35.6 Å². The van der Waals surface area contributed by atoms with E-state index in [2.05, 4.69) is 5.32 Å². The van der Waals surface area contributed by atoms with Gasteiger partial charge in [0.15, 0.2) is 0 Å². The Morgan fingerprint density at radius 2 is 2.00 bits per heavy atom. The summed E-state index contributed by atoms with van der Waals surface area (Å²) in [7, 11) is 3.42. The van der Waals surface area contributed by atoms with Crippen LogP contribution in [0.3, 0.4) is 0 Å². The van der Waals surface area contributed by atoms with Gasteiger partial charge >= 0.3 is 0 Å². The van der Waals surface area contributed by atoms with Crippen LogP contribution in [0.5, 0.6) is 0 Å². The van der Waals surface area contributed by atoms with Crippen LogP contribution < -0.4 is 11.1 Å². The van der Waals surface area contributed by atoms with Crippen LogP contribution in [-0.2, 0) is 4.79 Å². The number of hydrogen-bond donors (Lipinski definition) is 2. The van der Waals surface area contributed by atoms with Crippen molar-refractivity contribution in [2.24, 2.45) is 5.73 Å². The normalized spacial score (nSPS) is 14.3. The van der Waals surface area contributed by atoms with Crippen molar-refractivity contribution in [1.82, 2.24) is 10.2 Å². The Labute approximate surface area is 107 Å². The minimum atomic E-state index is -0.281. The molecule has 0 bridgehead atoms. The smallest absolute Gasteiger partial charge is 0.233 e. The van der Waals surface area contributed by atoms with Crippen LogP contribution in [0.2, 0.25) is 0 Å². The lowest BCUT2D eigenvalue weighted by atomic mass is 9.99. The highest BCUT2D eigenvalue weighted by Crippen LogP contribution is 2.22. The lowest BCUT2D eigenvalue weighted by Gasteiger charge is -2.30. The van der Waals surface area contributed by atoms with Gasteiger partial charge in [-0.3, -0.25) is 9.69 Å². The zero-order valence-corrected chi connectivity index (χ0v) is 11.0. The summed E-state index contributed by atoms with van der Waals surface area (Å²) in [5, 5.41) is 2.57. The summed E-state index contributed by atoms with van der Waals surface area (Å²) in [4.78, 5) is 13.2. The Hall–Kier alpha value is -1.46. The molecule has 3 N–H and O–H groups in total. The monoisotopic (exact) mass is 253 g/mol. The molecule has 0 saturated heterocycles. The second-order valence-corrected chi connectivity index (χ2v) is 4.44. The third kappa shape index (κ3) is 3.78. The van der Waals surface area contributed by atoms with Gasteiger partial charge < -0.3 is 11.1 Å². The molecule has 0 aliphatic rings. The molecule has 2 unspecified atom stereocenters. The second kappa shape index (κ2) is 6.47. The van der Waals surface area contributed by atoms with E-state index in [0.29, 0.717) is 0 Å². The summed E-state index contributed by atoms with van der Waals surface area (Å²) in [6, 6.07) is 5.91. The Morgan fingerprint density at radius 1 is 1.44 bits per heavy atom. The number of carbonyl (C=O) groups is 1. The van der Waals surface area contributed by atoms with Crippen LogP contribution in [0.1, 0.15) is 18.5 Å². The number of amides is 1. The first-order chi connectivity index (χ1) is 8.45. The van der Waals surface area contributed by atoms with Crippen molar-refractivity contribution < 1.29 is 9.18 Å². The topological polar surface area (TPSA) is 58.4 Å². The van der Waals surface area contributed by atoms with Crippen molar-refractivity contribution in [3.63, 3.8) is 0 Å². The molecule has 0 heterocycles. The molecule has 1 rings (SSSR count). The minimum Gasteiger partial charge on any atom is -0.358 e. The largest absolute Gasteiger partial charge is 0.358 e. The molecule has 0 spiro atoms. The van der Waals surface area contributed by atoms with Crippen LogP contribution in [0.4, 0.5) is 4.39 Å². The standard InChI is InChI=1S/C13H20FN3O/c1-9(15)13(17(3)8-12(18)16-2)10-4-6-11(14)7-5-10/h4-7,9,13H,8,15H2,1-3H3,(H,16,18). The SMILES string of the molecule is CNC(=O)CN(C)C(c1ccc(F)cc1)C(C)N. The van der Waals surface area contributed by atoms with E-state index in [1.165, 1.54) is 12.1 Å². The van der Waals surface area contributed by atoms with Crippen molar-refractivity contribution in [2.45, 2.75) is 19.0 Å². The van der Waals surface area contributed by atoms with Crippen molar-refractivity contribution in [3.8, 4) is 0 Å². The zero-order valence-electron chi connectivity index (χ0n) is 11.0. The summed E-state index contributed by atoms with van der Waals surface area (Å²) in [6.07, 6.45) is 0. The van der Waals surface area contributed by atoms with Gasteiger partial charge in [0.2, 0.25) is 5.91 Å². The quantitative estimate of drug-likeness (QED) is 0.819. The van der Waals surface area contributed by atoms with Gasteiger partial charge in [-0.2, -0.15) is 0 Å². The Balaban J connectivity index is 2.88. The maximum Gasteiger partial charge on any atom is 0.233 e. The molecular formula is C13H20FN3O. The van der Waals surface area contributed by atoms with Gasteiger partial charge in [0.25, 0.3) is 0 Å². The summed E-state index contributed by atoms with van der Waals surface area (Å²) in [5.74, 6) is -0.360. The summed E-state index contributed by atoms with van der Waals surface area (Å²) >= 11 is 0. The first-order valence-electron chi connectivity index (χ1n) is 5.87. The van der Waals surface area contributed by atoms with Gasteiger partial charge in [-0.15, -0.1) is 0 Å². The molecule has 0 fully saturated rings. The van der Waals surface area contributed by atoms with Crippen LogP contribution in [0, 0.1) is 5.82 Å². The molecular weight excluding hydrogens is 233 g/mol. The predicted octanol–water partition coefficient (Wildman–Crippen LogP) is 0.892. The lowest BCUT2D eigenvalue weighted by Crippen LogP contribution is -2.42. The molecule has 0 radical (unpaired) electrons. The summed E-state index contributed by atoms with van der Waals surface area (Å²) in [5.41, 5.74) is 6.86. The number of hydrogen-bond acceptors (Lipinski definition) is 3. The van der Waals surface area contributed by atoms with Crippen molar-refractivity contribution in [2.75, 3.05) is 20.6 Å². The fourth-order valence-corrected chi connectivity index (χ4v) is 2.02. The molecule has 2 atom stereocenters. The number of likely N-dealkylation sites (N-methyl/N-ethyl adjacent to an activating group) is 2. The summed E-state index contributed by atoms with van der Waals surface area (Å²) < 4.78 is 12.9. The molecule has 1 aromatic rings. The molecule has 0 saturated carbocycles. The molecule has 4 nitrogen and oxygen atoms in total. The number of nitrogens with zero attached hydrogens (tertiary/aromatic N) is 1. The molecule has 5 heteroatoms. The van der Waals surface area contributed by atoms with Gasteiger partial charge in [0.05, 0.1) is 6.54 Å². The fourth-order valence-electron chi connectivity index (χ4n) is 2.02. The fraction of sp³-hybridized carbons (Fsp3) is 0.462. The Kier molecular flexibility index (Phi) is 5.25. The predicted molar refractivity (Wildman–Crippen MR) is 69.5 cm³/mol. The third-order valence-electron chi connectivity index (χ3n) is 2.86. The first kappa shape index (κ1) is 14.6. The van der Waals surface area contributed by atoms with E-state index < -0.39 is 0 Å².